The number of hydrogen-bond acceptors (Lipinski definition) is 1. The van der Waals surface area contributed by atoms with E-state index in [0.29, 0.717) is 5.41 Å². The maximum atomic E-state index is 2.50. The van der Waals surface area contributed by atoms with Crippen molar-refractivity contribution >= 4 is 0 Å². The minimum atomic E-state index is 0.255. The molecule has 0 bridgehead atoms. The largest absolute Gasteiger partial charge is 0.300 e. The van der Waals surface area contributed by atoms with Crippen molar-refractivity contribution in [1.29, 1.82) is 0 Å². The van der Waals surface area contributed by atoms with Crippen LogP contribution in [-0.2, 0) is 5.54 Å². The third-order valence-electron chi connectivity index (χ3n) is 5.43. The molecule has 0 spiro atoms. The van der Waals surface area contributed by atoms with Gasteiger partial charge in [-0.25, -0.2) is 0 Å². The van der Waals surface area contributed by atoms with Gasteiger partial charge in [-0.1, -0.05) is 57.5 Å². The maximum absolute atomic E-state index is 2.50. The summed E-state index contributed by atoms with van der Waals surface area (Å²) in [6.45, 7) is 6.92. The van der Waals surface area contributed by atoms with Crippen LogP contribution in [0.25, 0.3) is 0 Å². The van der Waals surface area contributed by atoms with Crippen molar-refractivity contribution in [2.45, 2.75) is 64.8 Å². The summed E-state index contributed by atoms with van der Waals surface area (Å²) >= 11 is 0. The van der Waals surface area contributed by atoms with Crippen LogP contribution in [-0.4, -0.2) is 19.0 Å². The molecule has 0 unspecified atom stereocenters. The van der Waals surface area contributed by atoms with Gasteiger partial charge in [0.05, 0.1) is 0 Å². The molecular weight excluding hydrogens is 266 g/mol. The van der Waals surface area contributed by atoms with E-state index in [1.807, 2.05) is 0 Å². The Bertz CT molecular complexity index is 433. The van der Waals surface area contributed by atoms with Crippen LogP contribution in [0.15, 0.2) is 30.3 Å². The molecular formula is C21H34N. The first-order valence-electron chi connectivity index (χ1n) is 8.91. The van der Waals surface area contributed by atoms with Gasteiger partial charge in [-0.15, -0.1) is 0 Å². The van der Waals surface area contributed by atoms with Crippen molar-refractivity contribution in [2.75, 3.05) is 14.1 Å². The Labute approximate surface area is 138 Å². The van der Waals surface area contributed by atoms with Crippen molar-refractivity contribution in [3.63, 3.8) is 0 Å². The Morgan fingerprint density at radius 2 is 1.68 bits per heavy atom. The molecule has 0 atom stereocenters. The highest BCUT2D eigenvalue weighted by Gasteiger charge is 2.38. The van der Waals surface area contributed by atoms with Gasteiger partial charge in [-0.05, 0) is 69.5 Å². The van der Waals surface area contributed by atoms with E-state index in [1.165, 1.54) is 44.1 Å². The third kappa shape index (κ3) is 4.35. The molecule has 1 aliphatic rings. The highest BCUT2D eigenvalue weighted by atomic mass is 15.1. The summed E-state index contributed by atoms with van der Waals surface area (Å²) in [6, 6.07) is 11.1. The Morgan fingerprint density at radius 1 is 1.09 bits per heavy atom. The summed E-state index contributed by atoms with van der Waals surface area (Å²) in [5.74, 6) is 0.912. The molecule has 1 fully saturated rings. The Hall–Kier alpha value is -0.820. The monoisotopic (exact) mass is 300 g/mol. The van der Waals surface area contributed by atoms with Crippen LogP contribution in [0.1, 0.15) is 64.9 Å². The second-order valence-electron chi connectivity index (χ2n) is 8.38. The highest BCUT2D eigenvalue weighted by molar-refractivity contribution is 5.25. The van der Waals surface area contributed by atoms with Gasteiger partial charge in [0.15, 0.2) is 0 Å². The van der Waals surface area contributed by atoms with Crippen LogP contribution in [0.2, 0.25) is 0 Å². The fourth-order valence-electron chi connectivity index (χ4n) is 3.94. The first-order chi connectivity index (χ1) is 10.3. The molecule has 0 aromatic heterocycles. The molecule has 1 heteroatoms. The van der Waals surface area contributed by atoms with Crippen LogP contribution >= 0.6 is 0 Å². The number of benzene rings is 1. The molecule has 1 aromatic carbocycles. The molecule has 0 heterocycles. The van der Waals surface area contributed by atoms with Gasteiger partial charge in [0.25, 0.3) is 0 Å². The molecule has 1 radical (unpaired) electrons. The highest BCUT2D eigenvalue weighted by Crippen LogP contribution is 2.44. The minimum absolute atomic E-state index is 0.255. The molecule has 0 aliphatic heterocycles. The predicted octanol–water partition coefficient (Wildman–Crippen LogP) is 5.66. The zero-order chi connectivity index (χ0) is 16.2. The lowest BCUT2D eigenvalue weighted by molar-refractivity contribution is 0.0750. The van der Waals surface area contributed by atoms with Gasteiger partial charge in [0.1, 0.15) is 0 Å². The topological polar surface area (TPSA) is 3.24 Å². The number of nitrogens with zero attached hydrogens (tertiary/aromatic N) is 1. The molecule has 22 heavy (non-hydrogen) atoms. The van der Waals surface area contributed by atoms with E-state index >= 15 is 0 Å². The van der Waals surface area contributed by atoms with E-state index in [-0.39, 0.29) is 5.54 Å². The second kappa shape index (κ2) is 7.17. The standard InChI is InChI=1S/C21H34N/c1-20(2,3)15-9-10-18-13-16-21(17-14-18,22(4)5)19-11-7-6-8-12-19/h6-8,11-12,15,18H,9-10,13-14,16-17H2,1-5H3. The zero-order valence-corrected chi connectivity index (χ0v) is 15.2. The van der Waals surface area contributed by atoms with Crippen molar-refractivity contribution < 1.29 is 0 Å². The lowest BCUT2D eigenvalue weighted by atomic mass is 9.70. The third-order valence-corrected chi connectivity index (χ3v) is 5.43. The summed E-state index contributed by atoms with van der Waals surface area (Å²) in [5, 5.41) is 0. The lowest BCUT2D eigenvalue weighted by Gasteiger charge is -2.45. The van der Waals surface area contributed by atoms with Crippen molar-refractivity contribution in [1.82, 2.24) is 4.90 Å². The van der Waals surface area contributed by atoms with Gasteiger partial charge in [-0.2, -0.15) is 0 Å². The molecule has 0 amide bonds. The molecule has 1 nitrogen and oxygen atoms in total. The molecule has 0 saturated heterocycles. The van der Waals surface area contributed by atoms with Gasteiger partial charge < -0.3 is 0 Å². The van der Waals surface area contributed by atoms with E-state index in [1.54, 1.807) is 0 Å². The van der Waals surface area contributed by atoms with Gasteiger partial charge in [0, 0.05) is 5.54 Å². The van der Waals surface area contributed by atoms with Crippen LogP contribution < -0.4 is 0 Å². The van der Waals surface area contributed by atoms with Crippen LogP contribution in [0.4, 0.5) is 0 Å². The van der Waals surface area contributed by atoms with Crippen molar-refractivity contribution in [3.8, 4) is 0 Å². The van der Waals surface area contributed by atoms with Crippen LogP contribution in [0.3, 0.4) is 0 Å². The minimum Gasteiger partial charge on any atom is -0.300 e. The average Bonchev–Trinajstić information content (AvgIpc) is 2.47. The summed E-state index contributed by atoms with van der Waals surface area (Å²) in [7, 11) is 4.50. The van der Waals surface area contributed by atoms with E-state index in [0.717, 1.165) is 5.92 Å². The summed E-state index contributed by atoms with van der Waals surface area (Å²) in [6.07, 6.45) is 10.5. The SMILES string of the molecule is CN(C)C1(c2ccccc2)CCC(CC[CH]C(C)(C)C)CC1. The van der Waals surface area contributed by atoms with E-state index in [9.17, 15) is 0 Å². The molecule has 0 N–H and O–H groups in total. The molecule has 1 aromatic rings. The van der Waals surface area contributed by atoms with Crippen molar-refractivity contribution in [3.05, 3.63) is 42.3 Å². The van der Waals surface area contributed by atoms with E-state index in [4.69, 9.17) is 0 Å². The van der Waals surface area contributed by atoms with Gasteiger partial charge in [0.2, 0.25) is 0 Å². The lowest BCUT2D eigenvalue weighted by Crippen LogP contribution is -2.44. The van der Waals surface area contributed by atoms with Crippen LogP contribution in [0, 0.1) is 17.8 Å². The zero-order valence-electron chi connectivity index (χ0n) is 15.2. The summed E-state index contributed by atoms with van der Waals surface area (Å²) in [5.41, 5.74) is 2.12. The summed E-state index contributed by atoms with van der Waals surface area (Å²) < 4.78 is 0. The molecule has 2 rings (SSSR count). The van der Waals surface area contributed by atoms with Crippen LogP contribution in [0.5, 0.6) is 0 Å². The molecule has 1 aliphatic carbocycles. The fraction of sp³-hybridized carbons (Fsp3) is 0.667. The Kier molecular flexibility index (Phi) is 5.71. The Balaban J connectivity index is 1.94. The smallest absolute Gasteiger partial charge is 0.0455 e. The molecule has 123 valence electrons. The predicted molar refractivity (Wildman–Crippen MR) is 96.8 cm³/mol. The number of rotatable bonds is 5. The van der Waals surface area contributed by atoms with E-state index in [2.05, 4.69) is 76.5 Å². The quantitative estimate of drug-likeness (QED) is 0.677. The first-order valence-corrected chi connectivity index (χ1v) is 8.91. The number of hydrogen-bond donors (Lipinski definition) is 0. The normalized spacial score (nSPS) is 26.4. The Morgan fingerprint density at radius 3 is 2.18 bits per heavy atom. The first kappa shape index (κ1) is 17.5. The molecule has 1 saturated carbocycles. The maximum Gasteiger partial charge on any atom is 0.0455 e. The van der Waals surface area contributed by atoms with Gasteiger partial charge >= 0.3 is 0 Å². The van der Waals surface area contributed by atoms with Gasteiger partial charge in [-0.3, -0.25) is 4.90 Å². The fourth-order valence-corrected chi connectivity index (χ4v) is 3.94. The van der Waals surface area contributed by atoms with E-state index < -0.39 is 0 Å². The summed E-state index contributed by atoms with van der Waals surface area (Å²) in [4.78, 5) is 2.46. The van der Waals surface area contributed by atoms with Crippen molar-refractivity contribution in [2.24, 2.45) is 11.3 Å². The average molecular weight is 301 g/mol. The second-order valence-corrected chi connectivity index (χ2v) is 8.38.